The Kier molecular flexibility index (Phi) is 10.9. The number of amides is 1. The van der Waals surface area contributed by atoms with Crippen LogP contribution in [0.1, 0.15) is 46.4 Å². The molecule has 0 radical (unpaired) electrons. The molecule has 1 aromatic heterocycles. The van der Waals surface area contributed by atoms with Crippen molar-refractivity contribution in [2.24, 2.45) is 5.92 Å². The molecule has 0 aliphatic carbocycles. The summed E-state index contributed by atoms with van der Waals surface area (Å²) in [6, 6.07) is 15.0. The van der Waals surface area contributed by atoms with Crippen LogP contribution in [0.5, 0.6) is 11.6 Å². The molecule has 0 spiro atoms. The molecule has 1 amide bonds. The van der Waals surface area contributed by atoms with Gasteiger partial charge < -0.3 is 20.3 Å². The van der Waals surface area contributed by atoms with E-state index in [1.807, 2.05) is 30.9 Å². The van der Waals surface area contributed by atoms with E-state index in [0.717, 1.165) is 54.0 Å². The van der Waals surface area contributed by atoms with Crippen LogP contribution in [0.4, 0.5) is 11.6 Å². The number of nitrogens with zero attached hydrogens (tertiary/aromatic N) is 5. The summed E-state index contributed by atoms with van der Waals surface area (Å²) in [5.41, 5.74) is 5.33. The van der Waals surface area contributed by atoms with Crippen molar-refractivity contribution < 1.29 is 9.53 Å². The van der Waals surface area contributed by atoms with Crippen molar-refractivity contribution >= 4 is 42.4 Å². The highest BCUT2D eigenvalue weighted by atomic mass is 35.5. The van der Waals surface area contributed by atoms with E-state index in [-0.39, 0.29) is 36.6 Å². The number of halogens is 2. The van der Waals surface area contributed by atoms with Crippen molar-refractivity contribution in [3.8, 4) is 23.8 Å². The normalized spacial score (nSPS) is 14.7. The van der Waals surface area contributed by atoms with E-state index in [4.69, 9.17) is 20.0 Å². The molecular weight excluding hydrogens is 561 g/mol. The van der Waals surface area contributed by atoms with Gasteiger partial charge in [-0.25, -0.2) is 4.98 Å². The van der Waals surface area contributed by atoms with E-state index < -0.39 is 0 Å². The molecule has 3 aromatic rings. The van der Waals surface area contributed by atoms with Crippen molar-refractivity contribution in [2.45, 2.75) is 39.5 Å². The molecule has 9 nitrogen and oxygen atoms in total. The Morgan fingerprint density at radius 2 is 1.61 bits per heavy atom. The van der Waals surface area contributed by atoms with Gasteiger partial charge in [0.1, 0.15) is 5.75 Å². The molecule has 0 bridgehead atoms. The molecule has 11 heteroatoms. The second-order valence-corrected chi connectivity index (χ2v) is 10.1. The minimum absolute atomic E-state index is 0. The van der Waals surface area contributed by atoms with E-state index in [9.17, 15) is 10.1 Å². The summed E-state index contributed by atoms with van der Waals surface area (Å²) in [6.45, 7) is 6.76. The summed E-state index contributed by atoms with van der Waals surface area (Å²) < 4.78 is 6.47. The van der Waals surface area contributed by atoms with Crippen LogP contribution >= 0.6 is 24.8 Å². The van der Waals surface area contributed by atoms with E-state index in [2.05, 4.69) is 22.8 Å². The molecule has 2 aliphatic heterocycles. The topological polar surface area (TPSA) is 127 Å². The molecule has 3 heterocycles. The highest BCUT2D eigenvalue weighted by molar-refractivity contribution is 5.85. The SMILES string of the molecule is Cc1cc(C#N)cc(C)c1Oc1nc(Nc2ccc(C#N)cc2)nc2c1CCN(C(=O)C1CCNCC1)CC2.Cl.Cl. The van der Waals surface area contributed by atoms with E-state index in [1.54, 1.807) is 24.3 Å². The van der Waals surface area contributed by atoms with Gasteiger partial charge in [0.05, 0.1) is 29.0 Å². The Hall–Kier alpha value is -3.89. The summed E-state index contributed by atoms with van der Waals surface area (Å²) in [5.74, 6) is 1.77. The average Bonchev–Trinajstić information content (AvgIpc) is 3.18. The first-order valence-corrected chi connectivity index (χ1v) is 13.3. The molecular formula is C30H33Cl2N7O2. The third-order valence-corrected chi connectivity index (χ3v) is 7.36. The second-order valence-electron chi connectivity index (χ2n) is 10.1. The second kappa shape index (κ2) is 14.1. The molecule has 1 fully saturated rings. The van der Waals surface area contributed by atoms with Gasteiger partial charge in [0.15, 0.2) is 0 Å². The van der Waals surface area contributed by atoms with Crippen molar-refractivity contribution in [1.82, 2.24) is 20.2 Å². The van der Waals surface area contributed by atoms with Crippen LogP contribution in [0.25, 0.3) is 0 Å². The number of hydrogen-bond donors (Lipinski definition) is 2. The zero-order valence-corrected chi connectivity index (χ0v) is 24.7. The standard InChI is InChI=1S/C30H31N7O2.2ClH/c1-19-15-22(18-32)16-20(2)27(19)39-28-25-9-13-37(29(38)23-7-11-33-12-8-23)14-10-26(25)35-30(36-28)34-24-5-3-21(17-31)4-6-24;;/h3-6,15-16,23,33H,7-14H2,1-2H3,(H,34,35,36);2*1H. The van der Waals surface area contributed by atoms with E-state index in [0.29, 0.717) is 54.6 Å². The first-order valence-electron chi connectivity index (χ1n) is 13.3. The summed E-state index contributed by atoms with van der Waals surface area (Å²) in [7, 11) is 0. The van der Waals surface area contributed by atoms with Crippen LogP contribution in [-0.2, 0) is 17.6 Å². The van der Waals surface area contributed by atoms with Gasteiger partial charge in [-0.05, 0) is 93.7 Å². The minimum Gasteiger partial charge on any atom is -0.438 e. The number of rotatable bonds is 5. The predicted octanol–water partition coefficient (Wildman–Crippen LogP) is 5.14. The molecule has 2 aromatic carbocycles. The molecule has 0 unspecified atom stereocenters. The number of nitriles is 2. The Labute approximate surface area is 252 Å². The van der Waals surface area contributed by atoms with Crippen LogP contribution < -0.4 is 15.4 Å². The van der Waals surface area contributed by atoms with Gasteiger partial charge in [0, 0.05) is 36.7 Å². The van der Waals surface area contributed by atoms with Crippen LogP contribution in [0.3, 0.4) is 0 Å². The number of carbonyl (C=O) groups is 1. The molecule has 5 rings (SSSR count). The third kappa shape index (κ3) is 7.25. The van der Waals surface area contributed by atoms with Gasteiger partial charge >= 0.3 is 0 Å². The number of benzene rings is 2. The van der Waals surface area contributed by atoms with Crippen LogP contribution in [0.2, 0.25) is 0 Å². The summed E-state index contributed by atoms with van der Waals surface area (Å²) >= 11 is 0. The molecule has 214 valence electrons. The van der Waals surface area contributed by atoms with Gasteiger partial charge in [0.2, 0.25) is 17.7 Å². The monoisotopic (exact) mass is 593 g/mol. The van der Waals surface area contributed by atoms with Crippen molar-refractivity contribution in [3.63, 3.8) is 0 Å². The van der Waals surface area contributed by atoms with Crippen molar-refractivity contribution in [2.75, 3.05) is 31.5 Å². The quantitative estimate of drug-likeness (QED) is 0.416. The Morgan fingerprint density at radius 3 is 2.24 bits per heavy atom. The zero-order valence-electron chi connectivity index (χ0n) is 23.1. The average molecular weight is 595 g/mol. The van der Waals surface area contributed by atoms with Gasteiger partial charge in [-0.1, -0.05) is 0 Å². The molecule has 2 N–H and O–H groups in total. The molecule has 41 heavy (non-hydrogen) atoms. The van der Waals surface area contributed by atoms with Gasteiger partial charge in [0.25, 0.3) is 0 Å². The fraction of sp³-hybridized carbons (Fsp3) is 0.367. The summed E-state index contributed by atoms with van der Waals surface area (Å²) in [5, 5.41) is 25.0. The van der Waals surface area contributed by atoms with Gasteiger partial charge in [-0.3, -0.25) is 4.79 Å². The van der Waals surface area contributed by atoms with Crippen LogP contribution in [0, 0.1) is 42.4 Å². The lowest BCUT2D eigenvalue weighted by Crippen LogP contribution is -2.42. The maximum Gasteiger partial charge on any atom is 0.230 e. The van der Waals surface area contributed by atoms with Crippen molar-refractivity contribution in [1.29, 1.82) is 10.5 Å². The number of nitrogens with one attached hydrogen (secondary N) is 2. The smallest absolute Gasteiger partial charge is 0.230 e. The van der Waals surface area contributed by atoms with E-state index in [1.165, 1.54) is 0 Å². The van der Waals surface area contributed by atoms with Crippen molar-refractivity contribution in [3.05, 3.63) is 69.9 Å². The Bertz CT molecular complexity index is 1450. The van der Waals surface area contributed by atoms with Gasteiger partial charge in [-0.15, -0.1) is 24.8 Å². The number of fused-ring (bicyclic) bond motifs is 1. The zero-order chi connectivity index (χ0) is 27.4. The lowest BCUT2D eigenvalue weighted by molar-refractivity contribution is -0.136. The number of ether oxygens (including phenoxy) is 1. The number of aryl methyl sites for hydroxylation is 2. The third-order valence-electron chi connectivity index (χ3n) is 7.36. The number of carbonyl (C=O) groups excluding carboxylic acids is 1. The lowest BCUT2D eigenvalue weighted by atomic mass is 9.96. The number of hydrogen-bond acceptors (Lipinski definition) is 8. The minimum atomic E-state index is 0. The number of aromatic nitrogens is 2. The molecule has 0 atom stereocenters. The highest BCUT2D eigenvalue weighted by Gasteiger charge is 2.29. The van der Waals surface area contributed by atoms with Crippen LogP contribution in [-0.4, -0.2) is 47.0 Å². The largest absolute Gasteiger partial charge is 0.438 e. The first kappa shape index (κ1) is 31.6. The maximum absolute atomic E-state index is 13.3. The fourth-order valence-corrected chi connectivity index (χ4v) is 5.28. The fourth-order valence-electron chi connectivity index (χ4n) is 5.28. The molecule has 2 aliphatic rings. The number of piperidine rings is 1. The van der Waals surface area contributed by atoms with Crippen LogP contribution in [0.15, 0.2) is 36.4 Å². The predicted molar refractivity (Wildman–Crippen MR) is 161 cm³/mol. The summed E-state index contributed by atoms with van der Waals surface area (Å²) in [6.07, 6.45) is 2.92. The summed E-state index contributed by atoms with van der Waals surface area (Å²) in [4.78, 5) is 24.9. The first-order chi connectivity index (χ1) is 18.9. The Morgan fingerprint density at radius 1 is 0.976 bits per heavy atom. The van der Waals surface area contributed by atoms with Gasteiger partial charge in [-0.2, -0.15) is 15.5 Å². The number of anilines is 2. The lowest BCUT2D eigenvalue weighted by Gasteiger charge is -2.28. The molecule has 0 saturated carbocycles. The Balaban J connectivity index is 0.00000231. The highest BCUT2D eigenvalue weighted by Crippen LogP contribution is 2.34. The van der Waals surface area contributed by atoms with E-state index >= 15 is 0 Å². The molecule has 1 saturated heterocycles. The maximum atomic E-state index is 13.3.